The van der Waals surface area contributed by atoms with E-state index in [-0.39, 0.29) is 5.91 Å². The fourth-order valence-corrected chi connectivity index (χ4v) is 3.42. The molecule has 1 aliphatic heterocycles. The van der Waals surface area contributed by atoms with Gasteiger partial charge in [-0.15, -0.1) is 0 Å². The molecule has 8 heteroatoms. The molecule has 0 spiro atoms. The summed E-state index contributed by atoms with van der Waals surface area (Å²) < 4.78 is 0. The topological polar surface area (TPSA) is 95.9 Å². The van der Waals surface area contributed by atoms with E-state index in [2.05, 4.69) is 35.5 Å². The molecule has 29 heavy (non-hydrogen) atoms. The van der Waals surface area contributed by atoms with Crippen LogP contribution in [-0.4, -0.2) is 52.0 Å². The second kappa shape index (κ2) is 8.81. The van der Waals surface area contributed by atoms with Gasteiger partial charge in [-0.1, -0.05) is 12.1 Å². The number of carbonyl (C=O) groups is 1. The number of hydrogen-bond donors (Lipinski definition) is 2. The zero-order chi connectivity index (χ0) is 20.1. The highest BCUT2D eigenvalue weighted by atomic mass is 16.1. The summed E-state index contributed by atoms with van der Waals surface area (Å²) in [7, 11) is 0. The van der Waals surface area contributed by atoms with Crippen molar-refractivity contribution in [3.63, 3.8) is 0 Å². The number of hydrogen-bond acceptors (Lipinski definition) is 7. The molecule has 8 nitrogen and oxygen atoms in total. The molecular weight excluding hydrogens is 366 g/mol. The van der Waals surface area contributed by atoms with E-state index in [1.807, 2.05) is 37.3 Å². The average Bonchev–Trinajstić information content (AvgIpc) is 2.76. The van der Waals surface area contributed by atoms with Crippen LogP contribution in [0.15, 0.2) is 36.5 Å². The molecule has 0 bridgehead atoms. The van der Waals surface area contributed by atoms with Gasteiger partial charge in [0, 0.05) is 37.9 Å². The van der Waals surface area contributed by atoms with Crippen molar-refractivity contribution in [1.82, 2.24) is 25.3 Å². The maximum Gasteiger partial charge on any atom is 0.271 e. The van der Waals surface area contributed by atoms with E-state index >= 15 is 0 Å². The van der Waals surface area contributed by atoms with Crippen molar-refractivity contribution in [2.45, 2.75) is 26.2 Å². The number of fused-ring (bicyclic) bond motifs is 1. The van der Waals surface area contributed by atoms with Crippen LogP contribution in [0.1, 0.15) is 35.4 Å². The second-order valence-electron chi connectivity index (χ2n) is 7.17. The summed E-state index contributed by atoms with van der Waals surface area (Å²) in [5.74, 6) is 1.31. The molecule has 0 saturated carbocycles. The first kappa shape index (κ1) is 19.0. The van der Waals surface area contributed by atoms with Crippen LogP contribution in [0.4, 0.5) is 11.8 Å². The molecule has 1 aliphatic rings. The summed E-state index contributed by atoms with van der Waals surface area (Å²) in [6.45, 7) is 5.01. The molecule has 0 unspecified atom stereocenters. The van der Waals surface area contributed by atoms with E-state index < -0.39 is 0 Å². The molecule has 4 rings (SSSR count). The molecule has 1 saturated heterocycles. The molecule has 0 atom stereocenters. The Morgan fingerprint density at radius 3 is 2.66 bits per heavy atom. The van der Waals surface area contributed by atoms with Gasteiger partial charge in [0.05, 0.1) is 17.2 Å². The highest BCUT2D eigenvalue weighted by Crippen LogP contribution is 2.19. The maximum atomic E-state index is 12.3. The van der Waals surface area contributed by atoms with Crippen molar-refractivity contribution < 1.29 is 4.79 Å². The normalized spacial score (nSPS) is 14.0. The molecule has 0 radical (unpaired) electrons. The number of nitrogens with one attached hydrogen (secondary N) is 2. The van der Waals surface area contributed by atoms with Crippen molar-refractivity contribution >= 4 is 28.7 Å². The quantitative estimate of drug-likeness (QED) is 0.624. The van der Waals surface area contributed by atoms with E-state index in [4.69, 9.17) is 0 Å². The number of piperidine rings is 1. The number of para-hydroxylation sites is 2. The number of anilines is 2. The zero-order valence-corrected chi connectivity index (χ0v) is 16.6. The van der Waals surface area contributed by atoms with Gasteiger partial charge in [0.15, 0.2) is 0 Å². The van der Waals surface area contributed by atoms with Crippen LogP contribution in [0.2, 0.25) is 0 Å². The van der Waals surface area contributed by atoms with Gasteiger partial charge in [-0.25, -0.2) is 9.97 Å². The van der Waals surface area contributed by atoms with Crippen molar-refractivity contribution in [3.8, 4) is 0 Å². The Labute approximate surface area is 169 Å². The van der Waals surface area contributed by atoms with Gasteiger partial charge in [0.2, 0.25) is 5.95 Å². The van der Waals surface area contributed by atoms with Gasteiger partial charge in [0.25, 0.3) is 5.91 Å². The number of amides is 1. The average molecular weight is 391 g/mol. The van der Waals surface area contributed by atoms with Crippen LogP contribution in [0, 0.1) is 6.92 Å². The fourth-order valence-electron chi connectivity index (χ4n) is 3.42. The minimum Gasteiger partial charge on any atom is -0.356 e. The Balaban J connectivity index is 1.31. The summed E-state index contributed by atoms with van der Waals surface area (Å²) >= 11 is 0. The summed E-state index contributed by atoms with van der Waals surface area (Å²) in [6.07, 6.45) is 5.19. The molecule has 3 aromatic rings. The van der Waals surface area contributed by atoms with Gasteiger partial charge in [-0.05, 0) is 38.3 Å². The lowest BCUT2D eigenvalue weighted by atomic mass is 10.1. The highest BCUT2D eigenvalue weighted by Gasteiger charge is 2.14. The summed E-state index contributed by atoms with van der Waals surface area (Å²) in [5.41, 5.74) is 2.71. The number of rotatable bonds is 6. The van der Waals surface area contributed by atoms with Gasteiger partial charge < -0.3 is 15.5 Å². The fraction of sp³-hybridized carbons (Fsp3) is 0.381. The zero-order valence-electron chi connectivity index (χ0n) is 16.6. The number of nitrogens with zero attached hydrogens (tertiary/aromatic N) is 5. The Kier molecular flexibility index (Phi) is 5.79. The third-order valence-electron chi connectivity index (χ3n) is 4.90. The lowest BCUT2D eigenvalue weighted by molar-refractivity contribution is 0.0950. The number of aryl methyl sites for hydroxylation is 1. The maximum absolute atomic E-state index is 12.3. The third kappa shape index (κ3) is 4.77. The predicted octanol–water partition coefficient (Wildman–Crippen LogP) is 2.56. The van der Waals surface area contributed by atoms with Gasteiger partial charge in [-0.3, -0.25) is 9.78 Å². The second-order valence-corrected chi connectivity index (χ2v) is 7.17. The van der Waals surface area contributed by atoms with Crippen LogP contribution in [0.25, 0.3) is 11.0 Å². The summed E-state index contributed by atoms with van der Waals surface area (Å²) in [4.78, 5) is 32.4. The lowest BCUT2D eigenvalue weighted by Gasteiger charge is -2.28. The molecular formula is C21H25N7O. The minimum atomic E-state index is -0.246. The molecule has 1 fully saturated rings. The van der Waals surface area contributed by atoms with Crippen LogP contribution < -0.4 is 15.5 Å². The monoisotopic (exact) mass is 391 g/mol. The van der Waals surface area contributed by atoms with Crippen molar-refractivity contribution in [1.29, 1.82) is 0 Å². The number of aromatic nitrogens is 4. The standard InChI is InChI=1S/C21H25N7O/c1-15-13-19(28-11-5-2-6-12-28)27-21(25-15)23-10-9-22-20(29)18-14-24-16-7-3-4-8-17(16)26-18/h3-4,7-8,13-14H,2,5-6,9-12H2,1H3,(H,22,29)(H,23,25,27). The van der Waals surface area contributed by atoms with Crippen LogP contribution in [-0.2, 0) is 0 Å². The summed E-state index contributed by atoms with van der Waals surface area (Å²) in [5, 5.41) is 6.06. The predicted molar refractivity (Wildman–Crippen MR) is 113 cm³/mol. The lowest BCUT2D eigenvalue weighted by Crippen LogP contribution is -2.31. The molecule has 150 valence electrons. The van der Waals surface area contributed by atoms with E-state index in [1.165, 1.54) is 25.5 Å². The third-order valence-corrected chi connectivity index (χ3v) is 4.90. The van der Waals surface area contributed by atoms with Gasteiger partial charge in [0.1, 0.15) is 11.5 Å². The van der Waals surface area contributed by atoms with Crippen LogP contribution in [0.3, 0.4) is 0 Å². The Hall–Kier alpha value is -3.29. The SMILES string of the molecule is Cc1cc(N2CCCCC2)nc(NCCNC(=O)c2cnc3ccccc3n2)n1. The van der Waals surface area contributed by atoms with E-state index in [0.29, 0.717) is 30.2 Å². The first-order valence-corrected chi connectivity index (χ1v) is 10.0. The molecule has 1 aromatic carbocycles. The van der Waals surface area contributed by atoms with E-state index in [1.54, 1.807) is 0 Å². The van der Waals surface area contributed by atoms with Crippen molar-refractivity contribution in [2.75, 3.05) is 36.4 Å². The van der Waals surface area contributed by atoms with Crippen LogP contribution in [0.5, 0.6) is 0 Å². The molecule has 0 aliphatic carbocycles. The Morgan fingerprint density at radius 1 is 1.03 bits per heavy atom. The van der Waals surface area contributed by atoms with Gasteiger partial charge >= 0.3 is 0 Å². The van der Waals surface area contributed by atoms with Gasteiger partial charge in [-0.2, -0.15) is 4.98 Å². The number of carbonyl (C=O) groups excluding carboxylic acids is 1. The molecule has 3 heterocycles. The Bertz CT molecular complexity index is 1000. The molecule has 1 amide bonds. The highest BCUT2D eigenvalue weighted by molar-refractivity contribution is 5.93. The summed E-state index contributed by atoms with van der Waals surface area (Å²) in [6, 6.07) is 9.51. The van der Waals surface area contributed by atoms with E-state index in [0.717, 1.165) is 30.1 Å². The largest absolute Gasteiger partial charge is 0.356 e. The van der Waals surface area contributed by atoms with Crippen LogP contribution >= 0.6 is 0 Å². The number of benzene rings is 1. The first-order valence-electron chi connectivity index (χ1n) is 10.0. The smallest absolute Gasteiger partial charge is 0.271 e. The first-order chi connectivity index (χ1) is 14.2. The van der Waals surface area contributed by atoms with Crippen molar-refractivity contribution in [3.05, 3.63) is 47.9 Å². The Morgan fingerprint density at radius 2 is 1.83 bits per heavy atom. The van der Waals surface area contributed by atoms with Crippen molar-refractivity contribution in [2.24, 2.45) is 0 Å². The minimum absolute atomic E-state index is 0.246. The molecule has 2 N–H and O–H groups in total. The van der Waals surface area contributed by atoms with E-state index in [9.17, 15) is 4.79 Å². The molecule has 2 aromatic heterocycles.